The zero-order valence-corrected chi connectivity index (χ0v) is 15.5. The Morgan fingerprint density at radius 3 is 2.39 bits per heavy atom. The van der Waals surface area contributed by atoms with Gasteiger partial charge in [0.25, 0.3) is 5.91 Å². The van der Waals surface area contributed by atoms with Gasteiger partial charge in [-0.2, -0.15) is 5.10 Å². The number of hydrogen-bond donors (Lipinski definition) is 2. The molecule has 28 heavy (non-hydrogen) atoms. The van der Waals surface area contributed by atoms with Gasteiger partial charge in [0, 0.05) is 11.4 Å². The van der Waals surface area contributed by atoms with Gasteiger partial charge >= 0.3 is 0 Å². The normalized spacial score (nSPS) is 11.1. The molecule has 0 fully saturated rings. The molecule has 3 aromatic carbocycles. The molecule has 0 aliphatic heterocycles. The highest BCUT2D eigenvalue weighted by Crippen LogP contribution is 2.20. The maximum atomic E-state index is 12.0. The number of rotatable bonds is 7. The molecule has 0 aliphatic carbocycles. The predicted molar refractivity (Wildman–Crippen MR) is 110 cm³/mol. The van der Waals surface area contributed by atoms with Crippen molar-refractivity contribution in [2.75, 3.05) is 11.9 Å². The van der Waals surface area contributed by atoms with Crippen LogP contribution in [0.5, 0.6) is 5.75 Å². The number of benzene rings is 3. The molecule has 0 radical (unpaired) electrons. The summed E-state index contributed by atoms with van der Waals surface area (Å²) in [4.78, 5) is 23.9. The van der Waals surface area contributed by atoms with Crippen LogP contribution in [0.3, 0.4) is 0 Å². The summed E-state index contributed by atoms with van der Waals surface area (Å²) in [7, 11) is 0. The number of nitrogens with one attached hydrogen (secondary N) is 2. The van der Waals surface area contributed by atoms with Crippen molar-refractivity contribution in [2.24, 2.45) is 5.10 Å². The van der Waals surface area contributed by atoms with E-state index in [0.717, 1.165) is 10.8 Å². The molecule has 3 aromatic rings. The smallest absolute Gasteiger partial charge is 0.277 e. The van der Waals surface area contributed by atoms with E-state index < -0.39 is 5.91 Å². The molecule has 2 amide bonds. The van der Waals surface area contributed by atoms with Crippen molar-refractivity contribution in [3.8, 4) is 5.75 Å². The minimum atomic E-state index is -0.393. The molecule has 0 unspecified atom stereocenters. The summed E-state index contributed by atoms with van der Waals surface area (Å²) < 4.78 is 5.51. The quantitative estimate of drug-likeness (QED) is 0.488. The molecule has 142 valence electrons. The van der Waals surface area contributed by atoms with Gasteiger partial charge in [0.1, 0.15) is 5.75 Å². The fraction of sp³-hybridized carbons (Fsp3) is 0.136. The molecule has 6 nitrogen and oxygen atoms in total. The van der Waals surface area contributed by atoms with Crippen molar-refractivity contribution in [1.29, 1.82) is 0 Å². The van der Waals surface area contributed by atoms with Crippen molar-refractivity contribution in [3.05, 3.63) is 72.8 Å². The lowest BCUT2D eigenvalue weighted by molar-refractivity contribution is -0.123. The molecule has 0 atom stereocenters. The fourth-order valence-electron chi connectivity index (χ4n) is 2.59. The largest absolute Gasteiger partial charge is 0.484 e. The summed E-state index contributed by atoms with van der Waals surface area (Å²) in [6.07, 6.45) is 0.0840. The maximum absolute atomic E-state index is 12.0. The number of anilines is 1. The summed E-state index contributed by atoms with van der Waals surface area (Å²) in [5.41, 5.74) is 3.61. The molecule has 2 N–H and O–H groups in total. The van der Waals surface area contributed by atoms with E-state index in [0.29, 0.717) is 17.1 Å². The second-order valence-electron chi connectivity index (χ2n) is 6.27. The first-order chi connectivity index (χ1) is 13.6. The maximum Gasteiger partial charge on any atom is 0.277 e. The highest BCUT2D eigenvalue weighted by Gasteiger charge is 2.06. The Bertz CT molecular complexity index is 1000. The average molecular weight is 375 g/mol. The van der Waals surface area contributed by atoms with E-state index in [2.05, 4.69) is 15.8 Å². The zero-order chi connectivity index (χ0) is 19.8. The van der Waals surface area contributed by atoms with Crippen LogP contribution in [0.1, 0.15) is 13.3 Å². The number of carbonyl (C=O) groups is 2. The molecule has 0 heterocycles. The molecule has 3 rings (SSSR count). The van der Waals surface area contributed by atoms with Gasteiger partial charge in [0.05, 0.1) is 6.42 Å². The number of para-hydroxylation sites is 1. The zero-order valence-electron chi connectivity index (χ0n) is 15.5. The Morgan fingerprint density at radius 2 is 1.61 bits per heavy atom. The summed E-state index contributed by atoms with van der Waals surface area (Å²) in [5, 5.41) is 8.85. The van der Waals surface area contributed by atoms with Crippen LogP contribution in [0.4, 0.5) is 5.69 Å². The standard InChI is InChI=1S/C22H21N3O3/c1-16(13-21(26)23-19-9-3-2-4-10-19)24-25-22(27)15-28-20-12-11-17-7-5-6-8-18(17)14-20/h2-12,14H,13,15H2,1H3,(H,23,26)(H,25,27)/b24-16+. The lowest BCUT2D eigenvalue weighted by Gasteiger charge is -2.07. The van der Waals surface area contributed by atoms with Crippen LogP contribution in [0.15, 0.2) is 77.9 Å². The van der Waals surface area contributed by atoms with Crippen LogP contribution in [0.25, 0.3) is 10.8 Å². The van der Waals surface area contributed by atoms with Crippen LogP contribution >= 0.6 is 0 Å². The average Bonchev–Trinajstić information content (AvgIpc) is 2.71. The van der Waals surface area contributed by atoms with Crippen molar-refractivity contribution < 1.29 is 14.3 Å². The number of fused-ring (bicyclic) bond motifs is 1. The number of hydrogen-bond acceptors (Lipinski definition) is 4. The van der Waals surface area contributed by atoms with E-state index in [4.69, 9.17) is 4.74 Å². The van der Waals surface area contributed by atoms with E-state index >= 15 is 0 Å². The molecular formula is C22H21N3O3. The molecule has 0 aromatic heterocycles. The third-order valence-electron chi connectivity index (χ3n) is 3.94. The van der Waals surface area contributed by atoms with E-state index in [1.54, 1.807) is 19.1 Å². The molecule has 0 saturated carbocycles. The third-order valence-corrected chi connectivity index (χ3v) is 3.94. The molecule has 0 spiro atoms. The first kappa shape index (κ1) is 19.1. The summed E-state index contributed by atoms with van der Waals surface area (Å²) >= 11 is 0. The Kier molecular flexibility index (Phi) is 6.36. The minimum absolute atomic E-state index is 0.0840. The van der Waals surface area contributed by atoms with Crippen molar-refractivity contribution in [2.45, 2.75) is 13.3 Å². The Balaban J connectivity index is 1.45. The first-order valence-electron chi connectivity index (χ1n) is 8.88. The van der Waals surface area contributed by atoms with Gasteiger partial charge in [-0.05, 0) is 42.0 Å². The highest BCUT2D eigenvalue weighted by atomic mass is 16.5. The van der Waals surface area contributed by atoms with E-state index in [1.807, 2.05) is 60.7 Å². The van der Waals surface area contributed by atoms with Crippen molar-refractivity contribution >= 4 is 34.0 Å². The molecular weight excluding hydrogens is 354 g/mol. The van der Waals surface area contributed by atoms with Gasteiger partial charge in [0.2, 0.25) is 5.91 Å². The number of carbonyl (C=O) groups excluding carboxylic acids is 2. The lowest BCUT2D eigenvalue weighted by Crippen LogP contribution is -2.26. The van der Waals surface area contributed by atoms with Gasteiger partial charge in [-0.3, -0.25) is 9.59 Å². The number of nitrogens with zero attached hydrogens (tertiary/aromatic N) is 1. The molecule has 0 aliphatic rings. The van der Waals surface area contributed by atoms with Gasteiger partial charge < -0.3 is 10.1 Å². The summed E-state index contributed by atoms with van der Waals surface area (Å²) in [6, 6.07) is 22.7. The highest BCUT2D eigenvalue weighted by molar-refractivity contribution is 6.05. The SMILES string of the molecule is C/C(CC(=O)Nc1ccccc1)=N\NC(=O)COc1ccc2ccccc2c1. The summed E-state index contributed by atoms with van der Waals surface area (Å²) in [5.74, 6) is 0.0156. The monoisotopic (exact) mass is 375 g/mol. The topological polar surface area (TPSA) is 79.8 Å². The predicted octanol–water partition coefficient (Wildman–Crippen LogP) is 3.74. The Hall–Kier alpha value is -3.67. The van der Waals surface area contributed by atoms with Crippen molar-refractivity contribution in [1.82, 2.24) is 5.43 Å². The van der Waals surface area contributed by atoms with Gasteiger partial charge in [-0.1, -0.05) is 48.5 Å². The van der Waals surface area contributed by atoms with Crippen LogP contribution in [-0.4, -0.2) is 24.1 Å². The fourth-order valence-corrected chi connectivity index (χ4v) is 2.59. The van der Waals surface area contributed by atoms with Crippen LogP contribution < -0.4 is 15.5 Å². The summed E-state index contributed by atoms with van der Waals surface area (Å²) in [6.45, 7) is 1.51. The van der Waals surface area contributed by atoms with Crippen LogP contribution in [-0.2, 0) is 9.59 Å². The van der Waals surface area contributed by atoms with Gasteiger partial charge in [-0.15, -0.1) is 0 Å². The lowest BCUT2D eigenvalue weighted by atomic mass is 10.1. The van der Waals surface area contributed by atoms with Crippen LogP contribution in [0.2, 0.25) is 0 Å². The molecule has 6 heteroatoms. The van der Waals surface area contributed by atoms with E-state index in [1.165, 1.54) is 0 Å². The second-order valence-corrected chi connectivity index (χ2v) is 6.27. The number of hydrazone groups is 1. The molecule has 0 saturated heterocycles. The minimum Gasteiger partial charge on any atom is -0.484 e. The molecule has 0 bridgehead atoms. The van der Waals surface area contributed by atoms with Gasteiger partial charge in [-0.25, -0.2) is 5.43 Å². The Labute approximate surface area is 163 Å². The van der Waals surface area contributed by atoms with Gasteiger partial charge in [0.15, 0.2) is 6.61 Å². The number of ether oxygens (including phenoxy) is 1. The number of amides is 2. The van der Waals surface area contributed by atoms with Crippen LogP contribution in [0, 0.1) is 0 Å². The second kappa shape index (κ2) is 9.32. The van der Waals surface area contributed by atoms with E-state index in [9.17, 15) is 9.59 Å². The third kappa shape index (κ3) is 5.67. The van der Waals surface area contributed by atoms with E-state index in [-0.39, 0.29) is 18.9 Å². The Morgan fingerprint density at radius 1 is 0.893 bits per heavy atom. The first-order valence-corrected chi connectivity index (χ1v) is 8.88. The van der Waals surface area contributed by atoms with Crippen molar-refractivity contribution in [3.63, 3.8) is 0 Å².